The first-order valence-corrected chi connectivity index (χ1v) is 6.07. The van der Waals surface area contributed by atoms with E-state index in [0.717, 1.165) is 24.7 Å². The van der Waals surface area contributed by atoms with Crippen LogP contribution in [0, 0.1) is 11.8 Å². The summed E-state index contributed by atoms with van der Waals surface area (Å²) in [7, 11) is 0. The molecule has 14 heavy (non-hydrogen) atoms. The molecule has 0 saturated carbocycles. The van der Waals surface area contributed by atoms with Crippen LogP contribution in [0.2, 0.25) is 0 Å². The van der Waals surface area contributed by atoms with Crippen LogP contribution >= 0.6 is 0 Å². The summed E-state index contributed by atoms with van der Waals surface area (Å²) in [5.41, 5.74) is 0. The monoisotopic (exact) mass is 200 g/mol. The van der Waals surface area contributed by atoms with Crippen molar-refractivity contribution in [3.05, 3.63) is 0 Å². The van der Waals surface area contributed by atoms with Crippen LogP contribution in [0.5, 0.6) is 0 Å². The molecule has 0 aromatic rings. The summed E-state index contributed by atoms with van der Waals surface area (Å²) in [5.74, 6) is 1.90. The van der Waals surface area contributed by atoms with Gasteiger partial charge in [-0.15, -0.1) is 0 Å². The molecule has 0 fully saturated rings. The van der Waals surface area contributed by atoms with E-state index in [4.69, 9.17) is 0 Å². The Morgan fingerprint density at radius 2 is 1.71 bits per heavy atom. The van der Waals surface area contributed by atoms with E-state index in [2.05, 4.69) is 20.8 Å². The molecule has 0 rings (SSSR count). The molecule has 1 unspecified atom stereocenters. The van der Waals surface area contributed by atoms with Gasteiger partial charge in [0, 0.05) is 6.42 Å². The second-order valence-corrected chi connectivity index (χ2v) is 4.01. The molecule has 1 atom stereocenters. The normalized spacial score (nSPS) is 11.9. The Morgan fingerprint density at radius 1 is 1.21 bits per heavy atom. The second-order valence-electron chi connectivity index (χ2n) is 4.01. The lowest BCUT2D eigenvalue weighted by Crippen LogP contribution is -2.07. The first-order valence-electron chi connectivity index (χ1n) is 6.07. The van der Waals surface area contributed by atoms with Gasteiger partial charge in [-0.3, -0.25) is 0 Å². The van der Waals surface area contributed by atoms with E-state index in [1.807, 2.05) is 13.8 Å². The third-order valence-electron chi connectivity index (χ3n) is 2.57. The predicted molar refractivity (Wildman–Crippen MR) is 64.5 cm³/mol. The van der Waals surface area contributed by atoms with Crippen molar-refractivity contribution in [2.24, 2.45) is 11.8 Å². The van der Waals surface area contributed by atoms with Gasteiger partial charge in [-0.05, 0) is 31.6 Å². The van der Waals surface area contributed by atoms with E-state index in [1.165, 1.54) is 12.8 Å². The quantitative estimate of drug-likeness (QED) is 0.619. The first-order chi connectivity index (χ1) is 6.57. The maximum absolute atomic E-state index is 10.7. The average Bonchev–Trinajstić information content (AvgIpc) is 2.14. The van der Waals surface area contributed by atoms with Crippen molar-refractivity contribution in [3.63, 3.8) is 0 Å². The smallest absolute Gasteiger partial charge is 0.129 e. The first kappa shape index (κ1) is 16.1. The van der Waals surface area contributed by atoms with E-state index in [1.54, 1.807) is 6.92 Å². The molecule has 0 aliphatic carbocycles. The molecular weight excluding hydrogens is 172 g/mol. The Balaban J connectivity index is 0. The molecule has 0 N–H and O–H groups in total. The third-order valence-corrected chi connectivity index (χ3v) is 2.57. The molecule has 0 saturated heterocycles. The number of hydrogen-bond acceptors (Lipinski definition) is 1. The fraction of sp³-hybridized carbons (Fsp3) is 0.923. The lowest BCUT2D eigenvalue weighted by atomic mass is 9.88. The van der Waals surface area contributed by atoms with E-state index in [0.29, 0.717) is 5.78 Å². The van der Waals surface area contributed by atoms with Gasteiger partial charge >= 0.3 is 0 Å². The third kappa shape index (κ3) is 9.76. The van der Waals surface area contributed by atoms with Crippen LogP contribution in [-0.2, 0) is 4.79 Å². The van der Waals surface area contributed by atoms with Crippen LogP contribution in [0.15, 0.2) is 0 Å². The van der Waals surface area contributed by atoms with Crippen molar-refractivity contribution in [2.75, 3.05) is 0 Å². The van der Waals surface area contributed by atoms with Gasteiger partial charge < -0.3 is 4.79 Å². The highest BCUT2D eigenvalue weighted by molar-refractivity contribution is 5.75. The van der Waals surface area contributed by atoms with Gasteiger partial charge in [0.2, 0.25) is 0 Å². The highest BCUT2D eigenvalue weighted by atomic mass is 16.1. The number of rotatable bonds is 6. The topological polar surface area (TPSA) is 17.1 Å². The minimum atomic E-state index is 0.327. The zero-order valence-electron chi connectivity index (χ0n) is 10.9. The maximum atomic E-state index is 10.7. The number of hydrogen-bond donors (Lipinski definition) is 0. The second kappa shape index (κ2) is 10.7. The molecule has 0 heterocycles. The van der Waals surface area contributed by atoms with Crippen LogP contribution in [0.3, 0.4) is 0 Å². The Labute approximate surface area is 90.3 Å². The lowest BCUT2D eigenvalue weighted by Gasteiger charge is -2.18. The minimum Gasteiger partial charge on any atom is -0.300 e. The van der Waals surface area contributed by atoms with Crippen molar-refractivity contribution in [1.82, 2.24) is 0 Å². The van der Waals surface area contributed by atoms with Gasteiger partial charge in [0.05, 0.1) is 0 Å². The van der Waals surface area contributed by atoms with E-state index in [-0.39, 0.29) is 0 Å². The Hall–Kier alpha value is -0.330. The van der Waals surface area contributed by atoms with Crippen LogP contribution < -0.4 is 0 Å². The molecule has 0 aromatic heterocycles. The lowest BCUT2D eigenvalue weighted by molar-refractivity contribution is -0.117. The summed E-state index contributed by atoms with van der Waals surface area (Å²) in [6.07, 6.45) is 4.30. The molecule has 0 aliphatic rings. The largest absolute Gasteiger partial charge is 0.300 e. The zero-order valence-corrected chi connectivity index (χ0v) is 10.9. The van der Waals surface area contributed by atoms with Crippen molar-refractivity contribution in [2.45, 2.75) is 67.2 Å². The number of carbonyl (C=O) groups excluding carboxylic acids is 1. The summed E-state index contributed by atoms with van der Waals surface area (Å²) in [6.45, 7) is 12.4. The van der Waals surface area contributed by atoms with Gasteiger partial charge in [0.15, 0.2) is 0 Å². The fourth-order valence-corrected chi connectivity index (χ4v) is 1.62. The van der Waals surface area contributed by atoms with E-state index >= 15 is 0 Å². The zero-order chi connectivity index (χ0) is 11.6. The SMILES string of the molecule is CC.CCC(CCCC(C)=O)C(C)C. The van der Waals surface area contributed by atoms with Crippen molar-refractivity contribution < 1.29 is 4.79 Å². The number of ketones is 1. The van der Waals surface area contributed by atoms with Crippen LogP contribution in [-0.4, -0.2) is 5.78 Å². The highest BCUT2D eigenvalue weighted by Gasteiger charge is 2.10. The molecule has 0 spiro atoms. The van der Waals surface area contributed by atoms with Gasteiger partial charge in [0.1, 0.15) is 5.78 Å². The average molecular weight is 200 g/mol. The van der Waals surface area contributed by atoms with Crippen LogP contribution in [0.25, 0.3) is 0 Å². The van der Waals surface area contributed by atoms with Gasteiger partial charge in [-0.2, -0.15) is 0 Å². The summed E-state index contributed by atoms with van der Waals surface area (Å²) in [6, 6.07) is 0. The molecule has 0 bridgehead atoms. The standard InChI is InChI=1S/C11H22O.C2H6/c1-5-11(9(2)3)8-6-7-10(4)12;1-2/h9,11H,5-8H2,1-4H3;1-2H3. The maximum Gasteiger partial charge on any atom is 0.129 e. The van der Waals surface area contributed by atoms with Crippen molar-refractivity contribution in [3.8, 4) is 0 Å². The molecule has 1 heteroatoms. The summed E-state index contributed by atoms with van der Waals surface area (Å²) < 4.78 is 0. The molecule has 86 valence electrons. The molecule has 0 amide bonds. The van der Waals surface area contributed by atoms with Gasteiger partial charge in [0.25, 0.3) is 0 Å². The highest BCUT2D eigenvalue weighted by Crippen LogP contribution is 2.21. The van der Waals surface area contributed by atoms with Crippen molar-refractivity contribution >= 4 is 5.78 Å². The van der Waals surface area contributed by atoms with E-state index < -0.39 is 0 Å². The summed E-state index contributed by atoms with van der Waals surface area (Å²) >= 11 is 0. The number of carbonyl (C=O) groups is 1. The van der Waals surface area contributed by atoms with Crippen LogP contribution in [0.1, 0.15) is 67.2 Å². The molecule has 0 aromatic carbocycles. The molecule has 0 radical (unpaired) electrons. The molecule has 1 nitrogen and oxygen atoms in total. The number of Topliss-reactive ketones (excluding diaryl/α,β-unsaturated/α-hetero) is 1. The van der Waals surface area contributed by atoms with Crippen molar-refractivity contribution in [1.29, 1.82) is 0 Å². The predicted octanol–water partition coefficient (Wildman–Crippen LogP) is 4.45. The van der Waals surface area contributed by atoms with E-state index in [9.17, 15) is 4.79 Å². The Kier molecular flexibility index (Phi) is 12.4. The summed E-state index contributed by atoms with van der Waals surface area (Å²) in [5, 5.41) is 0. The van der Waals surface area contributed by atoms with Gasteiger partial charge in [-0.25, -0.2) is 0 Å². The molecular formula is C13H28O. The van der Waals surface area contributed by atoms with Gasteiger partial charge in [-0.1, -0.05) is 41.0 Å². The minimum absolute atomic E-state index is 0.327. The Bertz CT molecular complexity index is 127. The summed E-state index contributed by atoms with van der Waals surface area (Å²) in [4.78, 5) is 10.7. The fourth-order valence-electron chi connectivity index (χ4n) is 1.62. The Morgan fingerprint density at radius 3 is 2.00 bits per heavy atom. The molecule has 0 aliphatic heterocycles. The van der Waals surface area contributed by atoms with Crippen LogP contribution in [0.4, 0.5) is 0 Å².